The quantitative estimate of drug-likeness (QED) is 0.562. The van der Waals surface area contributed by atoms with E-state index in [0.29, 0.717) is 39.1 Å². The van der Waals surface area contributed by atoms with E-state index in [1.807, 2.05) is 0 Å². The number of hydrazone groups is 1. The lowest BCUT2D eigenvalue weighted by Crippen LogP contribution is -2.22. The van der Waals surface area contributed by atoms with Crippen LogP contribution in [0.2, 0.25) is 10.0 Å². The third kappa shape index (κ3) is 3.75. The minimum absolute atomic E-state index is 0.0508. The molecular weight excluding hydrogens is 427 g/mol. The Bertz CT molecular complexity index is 1240. The van der Waals surface area contributed by atoms with Gasteiger partial charge >= 0.3 is 0 Å². The van der Waals surface area contributed by atoms with Gasteiger partial charge in [0.05, 0.1) is 28.0 Å². The molecule has 1 amide bonds. The monoisotopic (exact) mass is 439 g/mol. The van der Waals surface area contributed by atoms with Crippen molar-refractivity contribution < 1.29 is 19.1 Å². The average Bonchev–Trinajstić information content (AvgIpc) is 3.28. The van der Waals surface area contributed by atoms with E-state index in [-0.39, 0.29) is 16.5 Å². The highest BCUT2D eigenvalue weighted by molar-refractivity contribution is 6.34. The van der Waals surface area contributed by atoms with Gasteiger partial charge in [-0.2, -0.15) is 10.1 Å². The van der Waals surface area contributed by atoms with Crippen molar-refractivity contribution in [1.29, 1.82) is 0 Å². The van der Waals surface area contributed by atoms with Gasteiger partial charge in [-0.15, -0.1) is 0 Å². The zero-order valence-electron chi connectivity index (χ0n) is 15.6. The van der Waals surface area contributed by atoms with E-state index in [0.717, 1.165) is 0 Å². The minimum atomic E-state index is -1.35. The fourth-order valence-electron chi connectivity index (χ4n) is 3.03. The lowest BCUT2D eigenvalue weighted by atomic mass is 10.1. The van der Waals surface area contributed by atoms with Crippen molar-refractivity contribution in [1.82, 2.24) is 0 Å². The molecule has 4 rings (SSSR count). The van der Waals surface area contributed by atoms with Gasteiger partial charge in [-0.3, -0.25) is 4.79 Å². The summed E-state index contributed by atoms with van der Waals surface area (Å²) >= 11 is 12.0. The van der Waals surface area contributed by atoms with Crippen molar-refractivity contribution in [2.24, 2.45) is 5.10 Å². The van der Waals surface area contributed by atoms with Crippen molar-refractivity contribution in [3.63, 3.8) is 0 Å². The van der Waals surface area contributed by atoms with E-state index in [2.05, 4.69) is 5.10 Å². The molecule has 2 heterocycles. The number of hydrogen-bond donors (Lipinski definition) is 0. The molecule has 1 aliphatic heterocycles. The van der Waals surface area contributed by atoms with Crippen molar-refractivity contribution in [3.8, 4) is 11.3 Å². The van der Waals surface area contributed by atoms with Crippen LogP contribution in [0.4, 0.5) is 5.69 Å². The highest BCUT2D eigenvalue weighted by Crippen LogP contribution is 2.30. The summed E-state index contributed by atoms with van der Waals surface area (Å²) in [6, 6.07) is 14.7. The largest absolute Gasteiger partial charge is 0.545 e. The number of halogens is 2. The second kappa shape index (κ2) is 7.82. The number of carboxylic acids is 1. The van der Waals surface area contributed by atoms with Crippen LogP contribution in [0.1, 0.15) is 23.0 Å². The summed E-state index contributed by atoms with van der Waals surface area (Å²) in [5, 5.41) is 17.2. The Hall–Kier alpha value is -3.35. The van der Waals surface area contributed by atoms with E-state index in [1.165, 1.54) is 17.1 Å². The maximum Gasteiger partial charge on any atom is 0.280 e. The zero-order valence-corrected chi connectivity index (χ0v) is 17.1. The summed E-state index contributed by atoms with van der Waals surface area (Å²) in [6.07, 6.45) is 1.60. The number of benzene rings is 2. The first-order valence-corrected chi connectivity index (χ1v) is 9.57. The predicted molar refractivity (Wildman–Crippen MR) is 114 cm³/mol. The van der Waals surface area contributed by atoms with Gasteiger partial charge in [0.1, 0.15) is 11.5 Å². The van der Waals surface area contributed by atoms with E-state index in [1.54, 1.807) is 55.5 Å². The molecule has 30 heavy (non-hydrogen) atoms. The number of rotatable bonds is 4. The molecule has 0 aliphatic carbocycles. The Kier molecular flexibility index (Phi) is 5.20. The Labute approximate surface area is 181 Å². The molecule has 0 unspecified atom stereocenters. The first kappa shape index (κ1) is 19.9. The van der Waals surface area contributed by atoms with Crippen molar-refractivity contribution in [3.05, 3.63) is 81.5 Å². The first-order chi connectivity index (χ1) is 14.3. The Morgan fingerprint density at radius 3 is 2.63 bits per heavy atom. The molecule has 0 spiro atoms. The molecule has 6 nitrogen and oxygen atoms in total. The van der Waals surface area contributed by atoms with Crippen LogP contribution in [0.3, 0.4) is 0 Å². The highest BCUT2D eigenvalue weighted by atomic mass is 35.5. The molecule has 150 valence electrons. The summed E-state index contributed by atoms with van der Waals surface area (Å²) in [6.45, 7) is 1.73. The van der Waals surface area contributed by atoms with Crippen LogP contribution >= 0.6 is 23.2 Å². The highest BCUT2D eigenvalue weighted by Gasteiger charge is 2.29. The van der Waals surface area contributed by atoms with Crippen LogP contribution in [0.15, 0.2) is 69.7 Å². The Balaban J connectivity index is 1.61. The van der Waals surface area contributed by atoms with Gasteiger partial charge in [-0.05, 0) is 49.4 Å². The SMILES string of the molecule is CC1=NN(c2cccc(Cl)c2)C(=O)/C1=C\c1ccc(-c2ccc(C(=O)[O-])c(Cl)c2)o1. The Morgan fingerprint density at radius 2 is 1.93 bits per heavy atom. The molecule has 8 heteroatoms. The number of carbonyl (C=O) groups is 2. The van der Waals surface area contributed by atoms with E-state index in [4.69, 9.17) is 27.6 Å². The van der Waals surface area contributed by atoms with Gasteiger partial charge in [0.15, 0.2) is 0 Å². The molecule has 1 aromatic heterocycles. The van der Waals surface area contributed by atoms with Crippen molar-refractivity contribution >= 4 is 52.6 Å². The van der Waals surface area contributed by atoms with Crippen molar-refractivity contribution in [2.75, 3.05) is 5.01 Å². The lowest BCUT2D eigenvalue weighted by molar-refractivity contribution is -0.255. The summed E-state index contributed by atoms with van der Waals surface area (Å²) in [5.74, 6) is -0.736. The van der Waals surface area contributed by atoms with Crippen LogP contribution < -0.4 is 10.1 Å². The summed E-state index contributed by atoms with van der Waals surface area (Å²) in [4.78, 5) is 23.8. The fourth-order valence-corrected chi connectivity index (χ4v) is 3.47. The van der Waals surface area contributed by atoms with Crippen LogP contribution in [-0.2, 0) is 4.79 Å². The van der Waals surface area contributed by atoms with Crippen LogP contribution in [0.5, 0.6) is 0 Å². The van der Waals surface area contributed by atoms with Crippen LogP contribution in [-0.4, -0.2) is 17.6 Å². The van der Waals surface area contributed by atoms with Crippen LogP contribution in [0.25, 0.3) is 17.4 Å². The summed E-state index contributed by atoms with van der Waals surface area (Å²) < 4.78 is 5.80. The Morgan fingerprint density at radius 1 is 1.13 bits per heavy atom. The third-order valence-electron chi connectivity index (χ3n) is 4.50. The average molecular weight is 440 g/mol. The second-order valence-corrected chi connectivity index (χ2v) is 7.37. The molecule has 2 aromatic carbocycles. The van der Waals surface area contributed by atoms with Gasteiger partial charge in [-0.25, -0.2) is 0 Å². The van der Waals surface area contributed by atoms with Crippen molar-refractivity contribution in [2.45, 2.75) is 6.92 Å². The fraction of sp³-hybridized carbons (Fsp3) is 0.0455. The molecule has 0 N–H and O–H groups in total. The molecule has 3 aromatic rings. The number of hydrogen-bond acceptors (Lipinski definition) is 5. The molecule has 0 fully saturated rings. The topological polar surface area (TPSA) is 85.9 Å². The molecule has 0 bridgehead atoms. The lowest BCUT2D eigenvalue weighted by Gasteiger charge is -2.11. The molecule has 0 saturated carbocycles. The minimum Gasteiger partial charge on any atom is -0.545 e. The number of aromatic carboxylic acids is 1. The molecular formula is C22H13Cl2N2O4-. The second-order valence-electron chi connectivity index (χ2n) is 6.52. The molecule has 1 aliphatic rings. The van der Waals surface area contributed by atoms with E-state index >= 15 is 0 Å². The molecule has 0 radical (unpaired) electrons. The number of amides is 1. The third-order valence-corrected chi connectivity index (χ3v) is 5.05. The van der Waals surface area contributed by atoms with Gasteiger partial charge in [-0.1, -0.05) is 41.4 Å². The number of anilines is 1. The summed E-state index contributed by atoms with van der Waals surface area (Å²) in [7, 11) is 0. The van der Waals surface area contributed by atoms with Gasteiger partial charge in [0.25, 0.3) is 5.91 Å². The number of furan rings is 1. The van der Waals surface area contributed by atoms with E-state index in [9.17, 15) is 14.7 Å². The maximum atomic E-state index is 12.8. The predicted octanol–water partition coefficient (Wildman–Crippen LogP) is 4.42. The first-order valence-electron chi connectivity index (χ1n) is 8.82. The number of carboxylic acid groups (broad SMARTS) is 1. The zero-order chi connectivity index (χ0) is 21.4. The smallest absolute Gasteiger partial charge is 0.280 e. The summed E-state index contributed by atoms with van der Waals surface area (Å²) in [5.41, 5.74) is 2.00. The molecule has 0 atom stereocenters. The van der Waals surface area contributed by atoms with E-state index < -0.39 is 5.97 Å². The number of nitrogens with zero attached hydrogens (tertiary/aromatic N) is 2. The van der Waals surface area contributed by atoms with Crippen LogP contribution in [0, 0.1) is 0 Å². The van der Waals surface area contributed by atoms with Gasteiger partial charge in [0.2, 0.25) is 0 Å². The maximum absolute atomic E-state index is 12.8. The standard InChI is InChI=1S/C22H14Cl2N2O4/c1-12-18(21(27)26(25-12)15-4-2-3-14(23)10-15)11-16-6-8-20(30-16)13-5-7-17(22(28)29)19(24)9-13/h2-11H,1H3,(H,28,29)/p-1/b18-11-. The number of carbonyl (C=O) groups excluding carboxylic acids is 2. The van der Waals surface area contributed by atoms with Gasteiger partial charge < -0.3 is 14.3 Å². The molecule has 0 saturated heterocycles. The van der Waals surface area contributed by atoms with Gasteiger partial charge in [0, 0.05) is 16.1 Å². The normalized spacial score (nSPS) is 15.0.